The normalized spacial score (nSPS) is 21.3. The van der Waals surface area contributed by atoms with E-state index >= 15 is 0 Å². The average molecular weight is 415 g/mol. The van der Waals surface area contributed by atoms with Gasteiger partial charge in [0.15, 0.2) is 5.76 Å². The molecule has 0 bridgehead atoms. The third-order valence-corrected chi connectivity index (χ3v) is 6.24. The van der Waals surface area contributed by atoms with Crippen molar-refractivity contribution in [2.24, 2.45) is 0 Å². The minimum Gasteiger partial charge on any atom is -0.459 e. The van der Waals surface area contributed by atoms with Crippen LogP contribution in [0, 0.1) is 0 Å². The molecule has 1 aromatic heterocycles. The highest BCUT2D eigenvalue weighted by atomic mass is 16.6. The van der Waals surface area contributed by atoms with Crippen molar-refractivity contribution in [2.75, 3.05) is 39.3 Å². The molecular formula is C21H25N3O6. The van der Waals surface area contributed by atoms with Crippen LogP contribution >= 0.6 is 0 Å². The van der Waals surface area contributed by atoms with Crippen LogP contribution in [0.5, 0.6) is 0 Å². The van der Waals surface area contributed by atoms with Crippen LogP contribution in [-0.2, 0) is 19.1 Å². The van der Waals surface area contributed by atoms with Gasteiger partial charge in [0.2, 0.25) is 5.91 Å². The molecule has 0 atom stereocenters. The van der Waals surface area contributed by atoms with Gasteiger partial charge >= 0.3 is 5.97 Å². The Morgan fingerprint density at radius 3 is 2.07 bits per heavy atom. The van der Waals surface area contributed by atoms with Crippen molar-refractivity contribution >= 4 is 23.7 Å². The number of piperidine rings is 1. The van der Waals surface area contributed by atoms with Gasteiger partial charge < -0.3 is 23.9 Å². The van der Waals surface area contributed by atoms with E-state index in [-0.39, 0.29) is 23.5 Å². The first kappa shape index (κ1) is 20.2. The summed E-state index contributed by atoms with van der Waals surface area (Å²) in [6.07, 6.45) is 2.28. The monoisotopic (exact) mass is 415 g/mol. The van der Waals surface area contributed by atoms with Crippen LogP contribution in [0.1, 0.15) is 37.2 Å². The zero-order valence-electron chi connectivity index (χ0n) is 17.2. The molecule has 1 aromatic rings. The van der Waals surface area contributed by atoms with Gasteiger partial charge in [0.05, 0.1) is 11.8 Å². The lowest BCUT2D eigenvalue weighted by molar-refractivity contribution is -0.152. The summed E-state index contributed by atoms with van der Waals surface area (Å²) in [5.74, 6) is -0.643. The Hall–Kier alpha value is -3.10. The summed E-state index contributed by atoms with van der Waals surface area (Å²) in [6.45, 7) is 5.52. The van der Waals surface area contributed by atoms with Gasteiger partial charge in [-0.25, -0.2) is 4.79 Å². The van der Waals surface area contributed by atoms with Crippen molar-refractivity contribution < 1.29 is 28.3 Å². The van der Waals surface area contributed by atoms with E-state index in [0.29, 0.717) is 63.3 Å². The van der Waals surface area contributed by atoms with E-state index in [1.165, 1.54) is 13.2 Å². The standard InChI is InChI=1S/C21H25N3O6/c1-14-17(21(30-20(14)28)5-7-22(8-6-21)15(2)25)19(27)24-11-9-23(10-12-24)18(26)16-4-3-13-29-16/h3-4,13H,5-12H2,1-2H3. The number of amides is 3. The first-order valence-electron chi connectivity index (χ1n) is 10.1. The Bertz CT molecular complexity index is 903. The Balaban J connectivity index is 1.46. The van der Waals surface area contributed by atoms with Gasteiger partial charge in [0.25, 0.3) is 11.8 Å². The second-order valence-electron chi connectivity index (χ2n) is 7.95. The van der Waals surface area contributed by atoms with Crippen LogP contribution in [-0.4, -0.2) is 83.3 Å². The number of hydrogen-bond donors (Lipinski definition) is 0. The van der Waals surface area contributed by atoms with Crippen LogP contribution in [0.2, 0.25) is 0 Å². The molecular weight excluding hydrogens is 390 g/mol. The lowest BCUT2D eigenvalue weighted by Gasteiger charge is -2.41. The van der Waals surface area contributed by atoms with Gasteiger partial charge in [-0.15, -0.1) is 0 Å². The van der Waals surface area contributed by atoms with E-state index in [1.54, 1.807) is 33.8 Å². The molecule has 160 valence electrons. The van der Waals surface area contributed by atoms with Crippen molar-refractivity contribution in [2.45, 2.75) is 32.3 Å². The number of carbonyl (C=O) groups is 4. The maximum atomic E-state index is 13.4. The van der Waals surface area contributed by atoms with E-state index in [9.17, 15) is 19.2 Å². The number of likely N-dealkylation sites (tertiary alicyclic amines) is 1. The molecule has 0 saturated carbocycles. The van der Waals surface area contributed by atoms with Crippen molar-refractivity contribution in [1.29, 1.82) is 0 Å². The van der Waals surface area contributed by atoms with Crippen LogP contribution in [0.25, 0.3) is 0 Å². The summed E-state index contributed by atoms with van der Waals surface area (Å²) in [4.78, 5) is 54.8. The fourth-order valence-electron chi connectivity index (χ4n) is 4.47. The predicted octanol–water partition coefficient (Wildman–Crippen LogP) is 0.818. The quantitative estimate of drug-likeness (QED) is 0.663. The van der Waals surface area contributed by atoms with Crippen LogP contribution in [0.3, 0.4) is 0 Å². The first-order chi connectivity index (χ1) is 14.3. The summed E-state index contributed by atoms with van der Waals surface area (Å²) >= 11 is 0. The van der Waals surface area contributed by atoms with Gasteiger partial charge in [-0.2, -0.15) is 0 Å². The highest BCUT2D eigenvalue weighted by molar-refractivity contribution is 6.07. The number of rotatable bonds is 2. The Labute approximate surface area is 174 Å². The molecule has 3 amide bonds. The maximum absolute atomic E-state index is 13.4. The molecule has 3 aliphatic rings. The summed E-state index contributed by atoms with van der Waals surface area (Å²) in [5, 5.41) is 0. The summed E-state index contributed by atoms with van der Waals surface area (Å²) in [6, 6.07) is 3.28. The lowest BCUT2D eigenvalue weighted by Crippen LogP contribution is -2.54. The maximum Gasteiger partial charge on any atom is 0.335 e. The zero-order chi connectivity index (χ0) is 21.5. The van der Waals surface area contributed by atoms with Crippen molar-refractivity contribution in [3.8, 4) is 0 Å². The number of esters is 1. The Morgan fingerprint density at radius 2 is 1.53 bits per heavy atom. The third-order valence-electron chi connectivity index (χ3n) is 6.24. The second-order valence-corrected chi connectivity index (χ2v) is 7.95. The fourth-order valence-corrected chi connectivity index (χ4v) is 4.47. The number of nitrogens with zero attached hydrogens (tertiary/aromatic N) is 3. The molecule has 0 radical (unpaired) electrons. The molecule has 30 heavy (non-hydrogen) atoms. The van der Waals surface area contributed by atoms with Gasteiger partial charge in [-0.1, -0.05) is 0 Å². The molecule has 1 spiro atoms. The van der Waals surface area contributed by atoms with Gasteiger partial charge in [0.1, 0.15) is 5.60 Å². The molecule has 0 aliphatic carbocycles. The predicted molar refractivity (Wildman–Crippen MR) is 104 cm³/mol. The topological polar surface area (TPSA) is 100 Å². The molecule has 0 N–H and O–H groups in total. The smallest absolute Gasteiger partial charge is 0.335 e. The zero-order valence-corrected chi connectivity index (χ0v) is 17.2. The van der Waals surface area contributed by atoms with Crippen LogP contribution in [0.4, 0.5) is 0 Å². The minimum absolute atomic E-state index is 0.0277. The molecule has 0 aromatic carbocycles. The molecule has 4 heterocycles. The number of hydrogen-bond acceptors (Lipinski definition) is 6. The lowest BCUT2D eigenvalue weighted by atomic mass is 9.82. The van der Waals surface area contributed by atoms with Crippen molar-refractivity contribution in [1.82, 2.24) is 14.7 Å². The Morgan fingerprint density at radius 1 is 0.933 bits per heavy atom. The van der Waals surface area contributed by atoms with E-state index in [1.807, 2.05) is 0 Å². The van der Waals surface area contributed by atoms with Crippen LogP contribution < -0.4 is 0 Å². The van der Waals surface area contributed by atoms with E-state index in [4.69, 9.17) is 9.15 Å². The molecule has 3 aliphatic heterocycles. The molecule has 4 rings (SSSR count). The van der Waals surface area contributed by atoms with E-state index in [2.05, 4.69) is 0 Å². The SMILES string of the molecule is CC(=O)N1CCC2(CC1)OC(=O)C(C)=C2C(=O)N1CCN(C(=O)c2ccco2)CC1. The average Bonchev–Trinajstić information content (AvgIpc) is 3.35. The molecule has 0 unspecified atom stereocenters. The second kappa shape index (κ2) is 7.62. The summed E-state index contributed by atoms with van der Waals surface area (Å²) < 4.78 is 10.9. The van der Waals surface area contributed by atoms with Crippen molar-refractivity contribution in [3.63, 3.8) is 0 Å². The highest BCUT2D eigenvalue weighted by Crippen LogP contribution is 2.42. The van der Waals surface area contributed by atoms with Crippen molar-refractivity contribution in [3.05, 3.63) is 35.3 Å². The molecule has 2 saturated heterocycles. The van der Waals surface area contributed by atoms with Gasteiger partial charge in [-0.05, 0) is 19.1 Å². The molecule has 9 heteroatoms. The summed E-state index contributed by atoms with van der Waals surface area (Å²) in [5.41, 5.74) is -0.224. The van der Waals surface area contributed by atoms with Gasteiger partial charge in [0, 0.05) is 64.6 Å². The molecule has 9 nitrogen and oxygen atoms in total. The van der Waals surface area contributed by atoms with E-state index in [0.717, 1.165) is 0 Å². The minimum atomic E-state index is -0.967. The number of furan rings is 1. The number of piperazine rings is 1. The summed E-state index contributed by atoms with van der Waals surface area (Å²) in [7, 11) is 0. The Kier molecular flexibility index (Phi) is 5.13. The largest absolute Gasteiger partial charge is 0.459 e. The number of carbonyl (C=O) groups excluding carboxylic acids is 4. The number of ether oxygens (including phenoxy) is 1. The van der Waals surface area contributed by atoms with E-state index < -0.39 is 11.6 Å². The first-order valence-corrected chi connectivity index (χ1v) is 10.1. The van der Waals surface area contributed by atoms with Crippen LogP contribution in [0.15, 0.2) is 34.0 Å². The fraction of sp³-hybridized carbons (Fsp3) is 0.524. The third kappa shape index (κ3) is 3.38. The van der Waals surface area contributed by atoms with Gasteiger partial charge in [-0.3, -0.25) is 14.4 Å². The molecule has 2 fully saturated rings. The highest BCUT2D eigenvalue weighted by Gasteiger charge is 2.52.